The first kappa shape index (κ1) is 15.8. The van der Waals surface area contributed by atoms with Crippen LogP contribution in [0.15, 0.2) is 60.7 Å². The van der Waals surface area contributed by atoms with Gasteiger partial charge in [-0.25, -0.2) is 0 Å². The first-order valence-corrected chi connectivity index (χ1v) is 8.26. The van der Waals surface area contributed by atoms with Crippen LogP contribution in [0.1, 0.15) is 30.4 Å². The second kappa shape index (κ2) is 6.97. The molecule has 0 bridgehead atoms. The predicted molar refractivity (Wildman–Crippen MR) is 91.2 cm³/mol. The van der Waals surface area contributed by atoms with Gasteiger partial charge in [-0.05, 0) is 24.0 Å². The van der Waals surface area contributed by atoms with E-state index in [0.717, 1.165) is 19.4 Å². The van der Waals surface area contributed by atoms with Gasteiger partial charge in [0.25, 0.3) is 0 Å². The second-order valence-electron chi connectivity index (χ2n) is 6.21. The minimum Gasteiger partial charge on any atom is -0.396 e. The summed E-state index contributed by atoms with van der Waals surface area (Å²) in [6, 6.07) is 20.9. The molecule has 1 saturated heterocycles. The van der Waals surface area contributed by atoms with Gasteiger partial charge in [0.2, 0.25) is 5.91 Å². The van der Waals surface area contributed by atoms with Crippen molar-refractivity contribution in [2.75, 3.05) is 19.7 Å². The Balaban J connectivity index is 2.01. The lowest BCUT2D eigenvalue weighted by atomic mass is 9.69. The van der Waals surface area contributed by atoms with Gasteiger partial charge in [-0.2, -0.15) is 0 Å². The van der Waals surface area contributed by atoms with Gasteiger partial charge >= 0.3 is 0 Å². The van der Waals surface area contributed by atoms with Gasteiger partial charge in [0.1, 0.15) is 0 Å². The zero-order valence-corrected chi connectivity index (χ0v) is 13.3. The van der Waals surface area contributed by atoms with Crippen LogP contribution in [-0.2, 0) is 10.2 Å². The molecule has 23 heavy (non-hydrogen) atoms. The van der Waals surface area contributed by atoms with Crippen LogP contribution in [0.2, 0.25) is 0 Å². The number of hydrogen-bond donors (Lipinski definition) is 1. The standard InChI is InChI=1S/C20H23NO2/c22-15-12-19(23)21-14-7-13-20(16-21,17-8-3-1-4-9-17)18-10-5-2-6-11-18/h1-6,8-11,22H,7,12-16H2. The summed E-state index contributed by atoms with van der Waals surface area (Å²) in [7, 11) is 0. The number of carbonyl (C=O) groups excluding carboxylic acids is 1. The van der Waals surface area contributed by atoms with Crippen LogP contribution >= 0.6 is 0 Å². The van der Waals surface area contributed by atoms with Crippen molar-refractivity contribution in [1.82, 2.24) is 4.90 Å². The van der Waals surface area contributed by atoms with Gasteiger partial charge < -0.3 is 10.0 Å². The molecule has 1 aliphatic rings. The number of benzene rings is 2. The van der Waals surface area contributed by atoms with Crippen LogP contribution < -0.4 is 0 Å². The summed E-state index contributed by atoms with van der Waals surface area (Å²) in [6.07, 6.45) is 2.21. The predicted octanol–water partition coefficient (Wildman–Crippen LogP) is 2.98. The third-order valence-corrected chi connectivity index (χ3v) is 4.82. The molecule has 0 aliphatic carbocycles. The lowest BCUT2D eigenvalue weighted by Crippen LogP contribution is -2.49. The molecule has 0 atom stereocenters. The van der Waals surface area contributed by atoms with E-state index in [1.54, 1.807) is 0 Å². The Labute approximate surface area is 137 Å². The molecule has 3 heteroatoms. The van der Waals surface area contributed by atoms with Crippen LogP contribution in [0.4, 0.5) is 0 Å². The maximum absolute atomic E-state index is 12.3. The van der Waals surface area contributed by atoms with Crippen LogP contribution in [0.3, 0.4) is 0 Å². The molecule has 1 heterocycles. The van der Waals surface area contributed by atoms with E-state index in [1.807, 2.05) is 17.0 Å². The molecule has 120 valence electrons. The number of aliphatic hydroxyl groups excluding tert-OH is 1. The molecule has 1 aliphatic heterocycles. The maximum atomic E-state index is 12.3. The highest BCUT2D eigenvalue weighted by Gasteiger charge is 2.39. The van der Waals surface area contributed by atoms with Gasteiger partial charge in [-0.1, -0.05) is 60.7 Å². The molecule has 3 nitrogen and oxygen atoms in total. The number of nitrogens with zero attached hydrogens (tertiary/aromatic N) is 1. The molecule has 2 aromatic carbocycles. The summed E-state index contributed by atoms with van der Waals surface area (Å²) in [4.78, 5) is 14.2. The second-order valence-corrected chi connectivity index (χ2v) is 6.21. The Bertz CT molecular complexity index is 600. The Hall–Kier alpha value is -2.13. The number of carbonyl (C=O) groups is 1. The van der Waals surface area contributed by atoms with Gasteiger partial charge in [-0.15, -0.1) is 0 Å². The number of hydrogen-bond acceptors (Lipinski definition) is 2. The van der Waals surface area contributed by atoms with E-state index in [9.17, 15) is 4.79 Å². The molecule has 0 radical (unpaired) electrons. The summed E-state index contributed by atoms with van der Waals surface area (Å²) >= 11 is 0. The molecule has 2 aromatic rings. The Morgan fingerprint density at radius 3 is 2.09 bits per heavy atom. The van der Waals surface area contributed by atoms with E-state index in [2.05, 4.69) is 48.5 Å². The monoisotopic (exact) mass is 309 g/mol. The maximum Gasteiger partial charge on any atom is 0.224 e. The molecular formula is C20H23NO2. The largest absolute Gasteiger partial charge is 0.396 e. The molecule has 0 aromatic heterocycles. The highest BCUT2D eigenvalue weighted by molar-refractivity contribution is 5.76. The average molecular weight is 309 g/mol. The van der Waals surface area contributed by atoms with Crippen LogP contribution in [0.25, 0.3) is 0 Å². The van der Waals surface area contributed by atoms with Crippen molar-refractivity contribution in [2.45, 2.75) is 24.7 Å². The Kier molecular flexibility index (Phi) is 4.77. The van der Waals surface area contributed by atoms with Crippen molar-refractivity contribution in [3.05, 3.63) is 71.8 Å². The van der Waals surface area contributed by atoms with E-state index >= 15 is 0 Å². The molecule has 1 N–H and O–H groups in total. The van der Waals surface area contributed by atoms with Crippen molar-refractivity contribution in [2.24, 2.45) is 0 Å². The SMILES string of the molecule is O=C(CCO)N1CCCC(c2ccccc2)(c2ccccc2)C1. The van der Waals surface area contributed by atoms with E-state index in [4.69, 9.17) is 5.11 Å². The average Bonchev–Trinajstić information content (AvgIpc) is 2.63. The van der Waals surface area contributed by atoms with Crippen molar-refractivity contribution >= 4 is 5.91 Å². The van der Waals surface area contributed by atoms with Crippen molar-refractivity contribution in [3.8, 4) is 0 Å². The number of piperidine rings is 1. The minimum atomic E-state index is -0.161. The third kappa shape index (κ3) is 3.15. The number of likely N-dealkylation sites (tertiary alicyclic amines) is 1. The smallest absolute Gasteiger partial charge is 0.224 e. The molecular weight excluding hydrogens is 286 g/mol. The van der Waals surface area contributed by atoms with Crippen LogP contribution in [0.5, 0.6) is 0 Å². The van der Waals surface area contributed by atoms with Crippen molar-refractivity contribution in [1.29, 1.82) is 0 Å². The first-order valence-electron chi connectivity index (χ1n) is 8.26. The zero-order chi connectivity index (χ0) is 16.1. The van der Waals surface area contributed by atoms with E-state index in [-0.39, 0.29) is 24.3 Å². The minimum absolute atomic E-state index is 0.0448. The molecule has 1 amide bonds. The van der Waals surface area contributed by atoms with Gasteiger partial charge in [0, 0.05) is 24.9 Å². The molecule has 0 saturated carbocycles. The fourth-order valence-corrected chi connectivity index (χ4v) is 3.67. The van der Waals surface area contributed by atoms with Gasteiger partial charge in [0.05, 0.1) is 6.61 Å². The van der Waals surface area contributed by atoms with Crippen LogP contribution in [0, 0.1) is 0 Å². The van der Waals surface area contributed by atoms with Gasteiger partial charge in [0.15, 0.2) is 0 Å². The summed E-state index contributed by atoms with van der Waals surface area (Å²) in [5.41, 5.74) is 2.35. The Morgan fingerprint density at radius 2 is 1.57 bits per heavy atom. The quantitative estimate of drug-likeness (QED) is 0.943. The van der Waals surface area contributed by atoms with Crippen molar-refractivity contribution < 1.29 is 9.90 Å². The summed E-state index contributed by atoms with van der Waals surface area (Å²) in [6.45, 7) is 1.37. The fourth-order valence-electron chi connectivity index (χ4n) is 3.67. The first-order chi connectivity index (χ1) is 11.3. The molecule has 0 spiro atoms. The van der Waals surface area contributed by atoms with Crippen molar-refractivity contribution in [3.63, 3.8) is 0 Å². The van der Waals surface area contributed by atoms with Gasteiger partial charge in [-0.3, -0.25) is 4.79 Å². The van der Waals surface area contributed by atoms with Crippen LogP contribution in [-0.4, -0.2) is 35.6 Å². The topological polar surface area (TPSA) is 40.5 Å². The summed E-state index contributed by atoms with van der Waals surface area (Å²) in [5.74, 6) is 0.0448. The van der Waals surface area contributed by atoms with E-state index in [1.165, 1.54) is 11.1 Å². The van der Waals surface area contributed by atoms with E-state index in [0.29, 0.717) is 6.54 Å². The van der Waals surface area contributed by atoms with E-state index < -0.39 is 0 Å². The molecule has 1 fully saturated rings. The number of rotatable bonds is 4. The fraction of sp³-hybridized carbons (Fsp3) is 0.350. The lowest BCUT2D eigenvalue weighted by Gasteiger charge is -2.44. The number of aliphatic hydroxyl groups is 1. The normalized spacial score (nSPS) is 17.0. The third-order valence-electron chi connectivity index (χ3n) is 4.82. The number of amides is 1. The lowest BCUT2D eigenvalue weighted by molar-refractivity contribution is -0.133. The zero-order valence-electron chi connectivity index (χ0n) is 13.3. The summed E-state index contributed by atoms with van der Waals surface area (Å²) in [5, 5.41) is 9.08. The molecule has 3 rings (SSSR count). The highest BCUT2D eigenvalue weighted by atomic mass is 16.3. The highest BCUT2D eigenvalue weighted by Crippen LogP contribution is 2.40. The summed E-state index contributed by atoms with van der Waals surface area (Å²) < 4.78 is 0. The Morgan fingerprint density at radius 1 is 1.00 bits per heavy atom. The molecule has 0 unspecified atom stereocenters.